The Morgan fingerprint density at radius 2 is 1.55 bits per heavy atom. The van der Waals surface area contributed by atoms with Crippen molar-refractivity contribution in [2.24, 2.45) is 0 Å². The highest BCUT2D eigenvalue weighted by Crippen LogP contribution is 2.32. The number of rotatable bonds is 8. The fraction of sp³-hybridized carbons (Fsp3) is 0.667. The Balaban J connectivity index is 1.88. The number of carbonyl (C=O) groups is 1. The van der Waals surface area contributed by atoms with Gasteiger partial charge in [-0.15, -0.1) is 0 Å². The largest absolute Gasteiger partial charge is 0.370 e. The summed E-state index contributed by atoms with van der Waals surface area (Å²) in [6, 6.07) is 4.81. The summed E-state index contributed by atoms with van der Waals surface area (Å²) >= 11 is 0. The third kappa shape index (κ3) is 5.98. The van der Waals surface area contributed by atoms with Crippen molar-refractivity contribution in [1.82, 2.24) is 9.62 Å². The molecular formula is C21H33N3O5S2. The average Bonchev–Trinajstić information content (AvgIpc) is 2.79. The van der Waals surface area contributed by atoms with Crippen LogP contribution in [0.5, 0.6) is 0 Å². The van der Waals surface area contributed by atoms with E-state index in [2.05, 4.69) is 10.2 Å². The lowest BCUT2D eigenvalue weighted by Crippen LogP contribution is -2.38. The molecule has 0 radical (unpaired) electrons. The van der Waals surface area contributed by atoms with Crippen LogP contribution in [0.3, 0.4) is 0 Å². The second-order valence-corrected chi connectivity index (χ2v) is 12.6. The number of nitrogens with zero attached hydrogens (tertiary/aromatic N) is 2. The Morgan fingerprint density at radius 3 is 2.16 bits per heavy atom. The maximum atomic E-state index is 13.5. The fourth-order valence-corrected chi connectivity index (χ4v) is 6.52. The first-order valence-electron chi connectivity index (χ1n) is 11.1. The van der Waals surface area contributed by atoms with Crippen LogP contribution in [-0.2, 0) is 19.9 Å². The lowest BCUT2D eigenvalue weighted by molar-refractivity contribution is 0.0956. The number of sulfonamides is 1. The van der Waals surface area contributed by atoms with Gasteiger partial charge >= 0.3 is 0 Å². The van der Waals surface area contributed by atoms with E-state index in [0.29, 0.717) is 18.8 Å². The first kappa shape index (κ1) is 24.0. The average molecular weight is 472 g/mol. The van der Waals surface area contributed by atoms with E-state index < -0.39 is 25.8 Å². The van der Waals surface area contributed by atoms with Gasteiger partial charge in [-0.2, -0.15) is 4.31 Å². The van der Waals surface area contributed by atoms with E-state index >= 15 is 0 Å². The van der Waals surface area contributed by atoms with Gasteiger partial charge in [-0.1, -0.05) is 13.3 Å². The molecule has 0 spiro atoms. The summed E-state index contributed by atoms with van der Waals surface area (Å²) < 4.78 is 51.8. The second kappa shape index (κ2) is 10.3. The van der Waals surface area contributed by atoms with Crippen molar-refractivity contribution in [2.75, 3.05) is 49.1 Å². The molecule has 1 N–H and O–H groups in total. The second-order valence-electron chi connectivity index (χ2n) is 8.19. The summed E-state index contributed by atoms with van der Waals surface area (Å²) in [6.07, 6.45) is 5.85. The molecule has 2 heterocycles. The van der Waals surface area contributed by atoms with Crippen molar-refractivity contribution in [3.8, 4) is 0 Å². The number of hydrogen-bond donors (Lipinski definition) is 1. The Kier molecular flexibility index (Phi) is 7.98. The third-order valence-electron chi connectivity index (χ3n) is 5.99. The molecule has 0 unspecified atom stereocenters. The van der Waals surface area contributed by atoms with Gasteiger partial charge in [0.15, 0.2) is 9.84 Å². The molecule has 1 amide bonds. The van der Waals surface area contributed by atoms with Crippen LogP contribution in [0.25, 0.3) is 0 Å². The molecule has 2 saturated heterocycles. The summed E-state index contributed by atoms with van der Waals surface area (Å²) in [5.74, 6) is -0.586. The number of hydrogen-bond acceptors (Lipinski definition) is 6. The number of benzene rings is 1. The van der Waals surface area contributed by atoms with Gasteiger partial charge in [0, 0.05) is 44.0 Å². The molecule has 10 heteroatoms. The van der Waals surface area contributed by atoms with Crippen LogP contribution < -0.4 is 10.2 Å². The van der Waals surface area contributed by atoms with E-state index in [1.807, 2.05) is 0 Å². The SMILES string of the molecule is CCS(=O)(=O)CCNC(=O)c1ccc(N2CCCCC2)c(S(=O)(=O)N2CCCCC2)c1. The Morgan fingerprint density at radius 1 is 0.935 bits per heavy atom. The number of carbonyl (C=O) groups excluding carboxylic acids is 1. The zero-order chi connectivity index (χ0) is 22.5. The van der Waals surface area contributed by atoms with Crippen molar-refractivity contribution in [3.63, 3.8) is 0 Å². The van der Waals surface area contributed by atoms with Gasteiger partial charge in [-0.3, -0.25) is 4.79 Å². The van der Waals surface area contributed by atoms with Gasteiger partial charge in [0.25, 0.3) is 5.91 Å². The van der Waals surface area contributed by atoms with E-state index in [0.717, 1.165) is 51.6 Å². The highest BCUT2D eigenvalue weighted by Gasteiger charge is 2.31. The number of amides is 1. The van der Waals surface area contributed by atoms with Gasteiger partial charge in [0.05, 0.1) is 11.4 Å². The standard InChI is InChI=1S/C21H33N3O5S2/c1-2-30(26,27)16-11-22-21(25)18-9-10-19(23-12-5-3-6-13-23)20(17-18)31(28,29)24-14-7-4-8-15-24/h9-10,17H,2-8,11-16H2,1H3,(H,22,25). The van der Waals surface area contributed by atoms with Crippen LogP contribution in [0.15, 0.2) is 23.1 Å². The number of anilines is 1. The maximum Gasteiger partial charge on any atom is 0.251 e. The fourth-order valence-electron chi connectivity index (χ4n) is 4.07. The van der Waals surface area contributed by atoms with Gasteiger partial charge in [-0.25, -0.2) is 16.8 Å². The zero-order valence-electron chi connectivity index (χ0n) is 18.2. The van der Waals surface area contributed by atoms with E-state index in [-0.39, 0.29) is 28.5 Å². The van der Waals surface area contributed by atoms with Gasteiger partial charge in [0.1, 0.15) is 4.90 Å². The lowest BCUT2D eigenvalue weighted by Gasteiger charge is -2.33. The summed E-state index contributed by atoms with van der Waals surface area (Å²) in [6.45, 7) is 4.14. The zero-order valence-corrected chi connectivity index (χ0v) is 19.8. The van der Waals surface area contributed by atoms with Crippen LogP contribution in [0, 0.1) is 0 Å². The monoisotopic (exact) mass is 471 g/mol. The molecule has 2 aliphatic heterocycles. The Labute approximate surface area is 186 Å². The lowest BCUT2D eigenvalue weighted by atomic mass is 10.1. The summed E-state index contributed by atoms with van der Waals surface area (Å²) in [5, 5.41) is 2.61. The molecule has 2 aliphatic rings. The summed E-state index contributed by atoms with van der Waals surface area (Å²) in [7, 11) is -6.92. The van der Waals surface area contributed by atoms with Crippen LogP contribution in [0.1, 0.15) is 55.8 Å². The van der Waals surface area contributed by atoms with Crippen molar-refractivity contribution in [3.05, 3.63) is 23.8 Å². The molecule has 0 saturated carbocycles. The topological polar surface area (TPSA) is 104 Å². The van der Waals surface area contributed by atoms with E-state index in [4.69, 9.17) is 0 Å². The molecule has 3 rings (SSSR count). The van der Waals surface area contributed by atoms with Crippen LogP contribution >= 0.6 is 0 Å². The minimum Gasteiger partial charge on any atom is -0.370 e. The smallest absolute Gasteiger partial charge is 0.251 e. The normalized spacial score (nSPS) is 18.7. The van der Waals surface area contributed by atoms with Crippen molar-refractivity contribution >= 4 is 31.5 Å². The first-order chi connectivity index (χ1) is 14.7. The first-order valence-corrected chi connectivity index (χ1v) is 14.4. The molecule has 0 bridgehead atoms. The molecular weight excluding hydrogens is 438 g/mol. The Bertz CT molecular complexity index is 980. The van der Waals surface area contributed by atoms with E-state index in [1.54, 1.807) is 19.1 Å². The minimum absolute atomic E-state index is 0.00289. The van der Waals surface area contributed by atoms with Crippen molar-refractivity contribution in [1.29, 1.82) is 0 Å². The van der Waals surface area contributed by atoms with Crippen LogP contribution in [-0.4, -0.2) is 71.3 Å². The highest BCUT2D eigenvalue weighted by molar-refractivity contribution is 7.91. The van der Waals surface area contributed by atoms with E-state index in [9.17, 15) is 21.6 Å². The maximum absolute atomic E-state index is 13.5. The molecule has 0 aliphatic carbocycles. The van der Waals surface area contributed by atoms with Crippen LogP contribution in [0.4, 0.5) is 5.69 Å². The number of piperidine rings is 2. The molecule has 1 aromatic carbocycles. The molecule has 0 atom stereocenters. The minimum atomic E-state index is -3.73. The van der Waals surface area contributed by atoms with E-state index in [1.165, 1.54) is 10.4 Å². The molecule has 1 aromatic rings. The van der Waals surface area contributed by atoms with Gasteiger partial charge in [-0.05, 0) is 50.3 Å². The molecule has 0 aromatic heterocycles. The van der Waals surface area contributed by atoms with Crippen LogP contribution in [0.2, 0.25) is 0 Å². The highest BCUT2D eigenvalue weighted by atomic mass is 32.2. The summed E-state index contributed by atoms with van der Waals surface area (Å²) in [5.41, 5.74) is 0.876. The third-order valence-corrected chi connectivity index (χ3v) is 9.62. The summed E-state index contributed by atoms with van der Waals surface area (Å²) in [4.78, 5) is 14.9. The predicted molar refractivity (Wildman–Crippen MR) is 122 cm³/mol. The quantitative estimate of drug-likeness (QED) is 0.622. The van der Waals surface area contributed by atoms with Gasteiger partial charge < -0.3 is 10.2 Å². The van der Waals surface area contributed by atoms with Gasteiger partial charge in [0.2, 0.25) is 10.0 Å². The number of sulfone groups is 1. The Hall–Kier alpha value is -1.65. The van der Waals surface area contributed by atoms with Crippen molar-refractivity contribution < 1.29 is 21.6 Å². The molecule has 174 valence electrons. The predicted octanol–water partition coefficient (Wildman–Crippen LogP) is 2.02. The molecule has 8 nitrogen and oxygen atoms in total. The molecule has 31 heavy (non-hydrogen) atoms. The van der Waals surface area contributed by atoms with Crippen molar-refractivity contribution in [2.45, 2.75) is 50.3 Å². The molecule has 2 fully saturated rings. The number of nitrogens with one attached hydrogen (secondary N) is 1.